The summed E-state index contributed by atoms with van der Waals surface area (Å²) in [5, 5.41) is -3.15. The van der Waals surface area contributed by atoms with E-state index < -0.39 is 26.6 Å². The Hall–Kier alpha value is 4.22. The minimum Gasteiger partial charge on any atom is -0.809 e. The molecule has 2 atom stereocenters. The molecular formula is C4H11N2Na4O6P2. The van der Waals surface area contributed by atoms with Gasteiger partial charge in [0.2, 0.25) is 0 Å². The van der Waals surface area contributed by atoms with Crippen LogP contribution < -0.4 is 115 Å². The zero-order valence-electron chi connectivity index (χ0n) is 11.2. The normalized spacial score (nSPS) is 16.6. The number of hydrogen-bond acceptors (Lipinski definition) is 7. The van der Waals surface area contributed by atoms with Gasteiger partial charge >= 0.3 is 88.7 Å². The van der Waals surface area contributed by atoms with Crippen LogP contribution in [0.1, 0.15) is 12.8 Å². The third kappa shape index (κ3) is 10.1. The minimum atomic E-state index is -5.64. The summed E-state index contributed by atoms with van der Waals surface area (Å²) < 4.78 is 21.2. The molecule has 0 aliphatic carbocycles. The van der Waals surface area contributed by atoms with Crippen LogP contribution in [0.4, 0.5) is 0 Å². The van der Waals surface area contributed by atoms with Gasteiger partial charge in [0.25, 0.3) is 0 Å². The Kier molecular flexibility index (Phi) is 25.6. The molecule has 14 heteroatoms. The monoisotopic (exact) mass is 337 g/mol. The van der Waals surface area contributed by atoms with E-state index in [1.165, 1.54) is 0 Å². The van der Waals surface area contributed by atoms with Crippen molar-refractivity contribution in [2.45, 2.75) is 17.9 Å². The summed E-state index contributed by atoms with van der Waals surface area (Å²) in [5.41, 5.74) is 9.87. The molecule has 0 heterocycles. The maximum absolute atomic E-state index is 10.7. The molecule has 18 heavy (non-hydrogen) atoms. The first-order chi connectivity index (χ1) is 6.06. The second-order valence-corrected chi connectivity index (χ2v) is 6.77. The van der Waals surface area contributed by atoms with Crippen molar-refractivity contribution in [3.8, 4) is 0 Å². The van der Waals surface area contributed by atoms with Gasteiger partial charge in [-0.15, -0.1) is 0 Å². The van der Waals surface area contributed by atoms with Crippen LogP contribution in [0.5, 0.6) is 0 Å². The molecule has 2 unspecified atom stereocenters. The summed E-state index contributed by atoms with van der Waals surface area (Å²) in [6, 6.07) is 0. The number of rotatable bonds is 5. The molecule has 5 N–H and O–H groups in total. The van der Waals surface area contributed by atoms with E-state index >= 15 is 0 Å². The van der Waals surface area contributed by atoms with Crippen molar-refractivity contribution in [2.24, 2.45) is 11.5 Å². The van der Waals surface area contributed by atoms with Crippen LogP contribution in [0.2, 0.25) is 0 Å². The molecule has 0 saturated carbocycles. The Morgan fingerprint density at radius 1 is 1.11 bits per heavy atom. The first-order valence-electron chi connectivity index (χ1n) is 3.61. The molecule has 0 aromatic heterocycles. The Morgan fingerprint density at radius 2 is 1.44 bits per heavy atom. The Labute approximate surface area is 194 Å². The summed E-state index contributed by atoms with van der Waals surface area (Å²) in [5.74, 6) is 0. The van der Waals surface area contributed by atoms with Gasteiger partial charge in [0.15, 0.2) is 7.60 Å². The molecule has 0 spiro atoms. The van der Waals surface area contributed by atoms with E-state index in [9.17, 15) is 23.8 Å². The Morgan fingerprint density at radius 3 is 1.61 bits per heavy atom. The van der Waals surface area contributed by atoms with Gasteiger partial charge in [-0.3, -0.25) is 0 Å². The average Bonchev–Trinajstić information content (AvgIpc) is 1.95. The van der Waals surface area contributed by atoms with E-state index in [0.29, 0.717) is 0 Å². The Balaban J connectivity index is -0.000000141. The Bertz CT molecular complexity index is 273. The largest absolute Gasteiger partial charge is 1.00 e. The molecule has 0 aliphatic heterocycles. The van der Waals surface area contributed by atoms with Gasteiger partial charge in [0.05, 0.1) is 0 Å². The quantitative estimate of drug-likeness (QED) is 0.327. The van der Waals surface area contributed by atoms with Crippen LogP contribution in [0, 0.1) is 0 Å². The van der Waals surface area contributed by atoms with E-state index in [1.54, 1.807) is 0 Å². The standard InChI is InChI=1S/C4H14N2O6P2.4Na/c5-3-1-2-4(6,13(7,8)9)14(10,11)12;;;;/h1-3,5-6H2,(H2,7,8,9)(H2,10,11,12);;;;/q;;3*+1/p-3. The van der Waals surface area contributed by atoms with Crippen molar-refractivity contribution in [2.75, 3.05) is 6.54 Å². The van der Waals surface area contributed by atoms with Gasteiger partial charge in [-0.1, -0.05) is 0 Å². The molecule has 0 rings (SSSR count). The van der Waals surface area contributed by atoms with Crippen molar-refractivity contribution in [3.63, 3.8) is 0 Å². The van der Waals surface area contributed by atoms with E-state index in [-0.39, 0.29) is 131 Å². The summed E-state index contributed by atoms with van der Waals surface area (Å²) >= 11 is 0. The molecule has 0 saturated heterocycles. The fourth-order valence-corrected chi connectivity index (χ4v) is 2.91. The van der Waals surface area contributed by atoms with Gasteiger partial charge in [0.1, 0.15) is 5.02 Å². The van der Waals surface area contributed by atoms with Gasteiger partial charge in [-0.2, -0.15) is 0 Å². The molecule has 87 valence electrons. The van der Waals surface area contributed by atoms with Crippen molar-refractivity contribution in [1.29, 1.82) is 0 Å². The van der Waals surface area contributed by atoms with Gasteiger partial charge in [-0.25, -0.2) is 0 Å². The smallest absolute Gasteiger partial charge is 0.809 e. The summed E-state index contributed by atoms with van der Waals surface area (Å²) in [6.45, 7) is -0.0427. The topological polar surface area (TPSA) is 176 Å². The summed E-state index contributed by atoms with van der Waals surface area (Å²) in [7, 11) is -11.1. The molecule has 0 fully saturated rings. The minimum absolute atomic E-state index is 0. The first-order valence-corrected chi connectivity index (χ1v) is 6.73. The van der Waals surface area contributed by atoms with E-state index in [1.807, 2.05) is 0 Å². The zero-order valence-corrected chi connectivity index (χ0v) is 20.9. The number of hydrogen-bond donors (Lipinski definition) is 3. The molecule has 0 aliphatic rings. The maximum atomic E-state index is 10.7. The fraction of sp³-hybridized carbons (Fsp3) is 1.00. The summed E-state index contributed by atoms with van der Waals surface area (Å²) in [6.07, 6.45) is -0.817. The van der Waals surface area contributed by atoms with E-state index in [2.05, 4.69) is 0 Å². The predicted octanol–water partition coefficient (Wildman–Crippen LogP) is -12.6. The second kappa shape index (κ2) is 13.6. The molecular weight excluding hydrogens is 326 g/mol. The number of nitrogens with two attached hydrogens (primary N) is 2. The van der Waals surface area contributed by atoms with Crippen LogP contribution in [-0.2, 0) is 9.13 Å². The first kappa shape index (κ1) is 33.7. The molecule has 8 nitrogen and oxygen atoms in total. The third-order valence-electron chi connectivity index (χ3n) is 1.71. The average molecular weight is 337 g/mol. The summed E-state index contributed by atoms with van der Waals surface area (Å²) in [4.78, 5) is 40.4. The predicted molar refractivity (Wildman–Crippen MR) is 48.4 cm³/mol. The van der Waals surface area contributed by atoms with E-state index in [0.717, 1.165) is 0 Å². The second-order valence-electron chi connectivity index (χ2n) is 2.79. The van der Waals surface area contributed by atoms with Gasteiger partial charge in [-0.05, 0) is 27.0 Å². The molecule has 0 bridgehead atoms. The molecule has 1 radical (unpaired) electrons. The van der Waals surface area contributed by atoms with Crippen molar-refractivity contribution < 1.29 is 117 Å². The van der Waals surface area contributed by atoms with Gasteiger partial charge < -0.3 is 40.2 Å². The molecule has 0 aromatic carbocycles. The van der Waals surface area contributed by atoms with Crippen LogP contribution in [0.3, 0.4) is 0 Å². The van der Waals surface area contributed by atoms with Crippen LogP contribution in [0.15, 0.2) is 0 Å². The zero-order chi connectivity index (χ0) is 11.6. The van der Waals surface area contributed by atoms with Crippen LogP contribution >= 0.6 is 15.2 Å². The third-order valence-corrected chi connectivity index (χ3v) is 5.58. The molecule has 0 aromatic rings. The molecule has 0 amide bonds. The van der Waals surface area contributed by atoms with Crippen LogP contribution in [-0.4, -0.2) is 46.0 Å². The van der Waals surface area contributed by atoms with Crippen molar-refractivity contribution in [3.05, 3.63) is 0 Å². The SMILES string of the molecule is NCCCC(N)(P(=O)([O-])[O-])P(=O)([O-])O.[Na+].[Na+].[Na+].[Na]. The van der Waals surface area contributed by atoms with Gasteiger partial charge in [0, 0.05) is 29.6 Å². The van der Waals surface area contributed by atoms with Crippen LogP contribution in [0.25, 0.3) is 0 Å². The fourth-order valence-electron chi connectivity index (χ4n) is 0.795. The van der Waals surface area contributed by atoms with Crippen molar-refractivity contribution in [1.82, 2.24) is 0 Å². The maximum Gasteiger partial charge on any atom is 1.00 e. The van der Waals surface area contributed by atoms with E-state index in [4.69, 9.17) is 16.4 Å². The van der Waals surface area contributed by atoms with Crippen molar-refractivity contribution >= 4 is 44.7 Å².